The summed E-state index contributed by atoms with van der Waals surface area (Å²) in [7, 11) is 0. The first-order valence-electron chi connectivity index (χ1n) is 6.46. The smallest absolute Gasteiger partial charge is 0.148 e. The van der Waals surface area contributed by atoms with Crippen molar-refractivity contribution in [3.63, 3.8) is 0 Å². The van der Waals surface area contributed by atoms with Gasteiger partial charge in [0.1, 0.15) is 5.78 Å². The minimum Gasteiger partial charge on any atom is -0.298 e. The number of carbonyl (C=O) groups excluding carboxylic acids is 1. The van der Waals surface area contributed by atoms with Gasteiger partial charge < -0.3 is 0 Å². The van der Waals surface area contributed by atoms with Crippen LogP contribution in [0.3, 0.4) is 0 Å². The summed E-state index contributed by atoms with van der Waals surface area (Å²) in [5.41, 5.74) is 1.25. The van der Waals surface area contributed by atoms with Crippen LogP contribution in [0.25, 0.3) is 0 Å². The highest BCUT2D eigenvalue weighted by Crippen LogP contribution is 2.21. The first-order chi connectivity index (χ1) is 9.17. The molecule has 0 aliphatic carbocycles. The molecule has 0 saturated heterocycles. The van der Waals surface area contributed by atoms with Crippen molar-refractivity contribution in [3.05, 3.63) is 51.7 Å². The monoisotopic (exact) mass is 290 g/mol. The molecule has 0 fully saturated rings. The largest absolute Gasteiger partial charge is 0.298 e. The molecule has 0 radical (unpaired) electrons. The molecule has 1 aromatic heterocycles. The molecule has 1 heterocycles. The number of aryl methyl sites for hydroxylation is 2. The van der Waals surface area contributed by atoms with Crippen LogP contribution < -0.4 is 0 Å². The normalized spacial score (nSPS) is 10.6. The number of hydrogen-bond acceptors (Lipinski definition) is 3. The highest BCUT2D eigenvalue weighted by atomic mass is 32.2. The van der Waals surface area contributed by atoms with Gasteiger partial charge in [-0.15, -0.1) is 23.1 Å². The molecule has 100 valence electrons. The summed E-state index contributed by atoms with van der Waals surface area (Å²) in [5.74, 6) is 0.859. The first kappa shape index (κ1) is 14.4. The molecule has 2 rings (SSSR count). The van der Waals surface area contributed by atoms with Crippen molar-refractivity contribution in [2.24, 2.45) is 0 Å². The molecule has 1 aromatic carbocycles. The zero-order chi connectivity index (χ0) is 13.7. The first-order valence-corrected chi connectivity index (χ1v) is 8.26. The lowest BCUT2D eigenvalue weighted by atomic mass is 10.2. The number of carbonyl (C=O) groups is 1. The second-order valence-corrected chi connectivity index (χ2v) is 6.84. The van der Waals surface area contributed by atoms with E-state index in [1.165, 1.54) is 20.2 Å². The molecule has 0 bridgehead atoms. The molecule has 0 aliphatic rings. The molecule has 0 aliphatic heterocycles. The molecule has 0 unspecified atom stereocenters. The Morgan fingerprint density at radius 3 is 2.42 bits per heavy atom. The minimum atomic E-state index is 0.301. The molecular formula is C16H18OS2. The molecule has 19 heavy (non-hydrogen) atoms. The van der Waals surface area contributed by atoms with Crippen LogP contribution in [0.15, 0.2) is 41.3 Å². The molecule has 0 atom stereocenters. The quantitative estimate of drug-likeness (QED) is 0.727. The Hall–Kier alpha value is -1.06. The van der Waals surface area contributed by atoms with Gasteiger partial charge >= 0.3 is 0 Å². The summed E-state index contributed by atoms with van der Waals surface area (Å²) in [5, 5.41) is 0. The predicted octanol–water partition coefficient (Wildman–Crippen LogP) is 4.52. The van der Waals surface area contributed by atoms with Crippen molar-refractivity contribution in [2.75, 3.05) is 5.75 Å². The second kappa shape index (κ2) is 6.92. The van der Waals surface area contributed by atoms with Crippen LogP contribution >= 0.6 is 23.1 Å². The number of ketones is 1. The third-order valence-electron chi connectivity index (χ3n) is 2.86. The van der Waals surface area contributed by atoms with Gasteiger partial charge in [0.25, 0.3) is 0 Å². The zero-order valence-corrected chi connectivity index (χ0v) is 12.9. The average Bonchev–Trinajstić information content (AvgIpc) is 2.86. The summed E-state index contributed by atoms with van der Waals surface area (Å²) in [6, 6.07) is 12.5. The van der Waals surface area contributed by atoms with Crippen LogP contribution in [0.5, 0.6) is 0 Å². The fourth-order valence-electron chi connectivity index (χ4n) is 1.75. The Morgan fingerprint density at radius 1 is 1.11 bits per heavy atom. The minimum absolute atomic E-state index is 0.301. The van der Waals surface area contributed by atoms with Crippen molar-refractivity contribution >= 4 is 28.9 Å². The Labute approximate surface area is 123 Å². The van der Waals surface area contributed by atoms with Gasteiger partial charge in [0.15, 0.2) is 0 Å². The van der Waals surface area contributed by atoms with E-state index in [9.17, 15) is 4.79 Å². The summed E-state index contributed by atoms with van der Waals surface area (Å²) in [4.78, 5) is 15.6. The van der Waals surface area contributed by atoms with Gasteiger partial charge in [0, 0.05) is 21.1 Å². The fraction of sp³-hybridized carbons (Fsp3) is 0.312. The van der Waals surface area contributed by atoms with Gasteiger partial charge in [-0.3, -0.25) is 4.79 Å². The lowest BCUT2D eigenvalue weighted by Crippen LogP contribution is -2.04. The number of benzene rings is 1. The molecule has 0 amide bonds. The lowest BCUT2D eigenvalue weighted by Gasteiger charge is -2.01. The van der Waals surface area contributed by atoms with Crippen LogP contribution in [0.1, 0.15) is 22.2 Å². The Bertz CT molecular complexity index is 540. The van der Waals surface area contributed by atoms with E-state index < -0.39 is 0 Å². The Kier molecular flexibility index (Phi) is 5.23. The van der Waals surface area contributed by atoms with Gasteiger partial charge in [-0.05, 0) is 37.6 Å². The fourth-order valence-corrected chi connectivity index (χ4v) is 3.50. The van der Waals surface area contributed by atoms with Crippen molar-refractivity contribution < 1.29 is 4.79 Å². The number of thioether (sulfide) groups is 1. The highest BCUT2D eigenvalue weighted by molar-refractivity contribution is 8.00. The second-order valence-electron chi connectivity index (χ2n) is 4.54. The molecule has 1 nitrogen and oxygen atoms in total. The standard InChI is InChI=1S/C16H18OS2/c1-3-14-8-9-16(19-14)10-13(17)11-18-15-6-4-12(2)5-7-15/h4-9H,3,10-11H2,1-2H3. The van der Waals surface area contributed by atoms with Crippen LogP contribution in [-0.4, -0.2) is 11.5 Å². The van der Waals surface area contributed by atoms with Gasteiger partial charge in [0.2, 0.25) is 0 Å². The molecule has 0 spiro atoms. The van der Waals surface area contributed by atoms with Gasteiger partial charge in [-0.25, -0.2) is 0 Å². The highest BCUT2D eigenvalue weighted by Gasteiger charge is 2.07. The predicted molar refractivity (Wildman–Crippen MR) is 84.3 cm³/mol. The van der Waals surface area contributed by atoms with E-state index >= 15 is 0 Å². The topological polar surface area (TPSA) is 17.1 Å². The van der Waals surface area contributed by atoms with E-state index in [0.717, 1.165) is 6.42 Å². The van der Waals surface area contributed by atoms with Crippen LogP contribution in [0, 0.1) is 6.92 Å². The van der Waals surface area contributed by atoms with Gasteiger partial charge in [-0.2, -0.15) is 0 Å². The van der Waals surface area contributed by atoms with E-state index in [-0.39, 0.29) is 0 Å². The van der Waals surface area contributed by atoms with E-state index in [0.29, 0.717) is 18.0 Å². The van der Waals surface area contributed by atoms with Gasteiger partial charge in [0.05, 0.1) is 5.75 Å². The van der Waals surface area contributed by atoms with Crippen molar-refractivity contribution in [1.29, 1.82) is 0 Å². The SMILES string of the molecule is CCc1ccc(CC(=O)CSc2ccc(C)cc2)s1. The van der Waals surface area contributed by atoms with E-state index in [4.69, 9.17) is 0 Å². The lowest BCUT2D eigenvalue weighted by molar-refractivity contribution is -0.115. The van der Waals surface area contributed by atoms with Crippen LogP contribution in [-0.2, 0) is 17.6 Å². The van der Waals surface area contributed by atoms with E-state index in [2.05, 4.69) is 50.2 Å². The molecule has 3 heteroatoms. The van der Waals surface area contributed by atoms with Crippen LogP contribution in [0.4, 0.5) is 0 Å². The Balaban J connectivity index is 1.82. The van der Waals surface area contributed by atoms with Crippen molar-refractivity contribution in [3.8, 4) is 0 Å². The number of hydrogen-bond donors (Lipinski definition) is 0. The third-order valence-corrected chi connectivity index (χ3v) is 5.16. The third kappa shape index (κ3) is 4.51. The maximum absolute atomic E-state index is 11.9. The molecule has 0 saturated carbocycles. The Morgan fingerprint density at radius 2 is 1.79 bits per heavy atom. The summed E-state index contributed by atoms with van der Waals surface area (Å²) in [6.45, 7) is 4.21. The molecule has 2 aromatic rings. The van der Waals surface area contributed by atoms with E-state index in [1.807, 2.05) is 0 Å². The summed E-state index contributed by atoms with van der Waals surface area (Å²) < 4.78 is 0. The summed E-state index contributed by atoms with van der Waals surface area (Å²) in [6.07, 6.45) is 1.63. The molecular weight excluding hydrogens is 272 g/mol. The average molecular weight is 290 g/mol. The van der Waals surface area contributed by atoms with Gasteiger partial charge in [-0.1, -0.05) is 24.6 Å². The van der Waals surface area contributed by atoms with Crippen molar-refractivity contribution in [1.82, 2.24) is 0 Å². The van der Waals surface area contributed by atoms with Crippen molar-refractivity contribution in [2.45, 2.75) is 31.6 Å². The molecule has 0 N–H and O–H groups in total. The zero-order valence-electron chi connectivity index (χ0n) is 11.3. The summed E-state index contributed by atoms with van der Waals surface area (Å²) >= 11 is 3.38. The maximum atomic E-state index is 11.9. The maximum Gasteiger partial charge on any atom is 0.148 e. The number of rotatable bonds is 6. The van der Waals surface area contributed by atoms with E-state index in [1.54, 1.807) is 23.1 Å². The van der Waals surface area contributed by atoms with Crippen LogP contribution in [0.2, 0.25) is 0 Å². The number of thiophene rings is 1. The number of Topliss-reactive ketones (excluding diaryl/α,β-unsaturated/α-hetero) is 1.